The van der Waals surface area contributed by atoms with Crippen LogP contribution in [-0.2, 0) is 18.4 Å². The monoisotopic (exact) mass is 1020 g/mol. The van der Waals surface area contributed by atoms with Gasteiger partial charge in [0.25, 0.3) is 0 Å². The highest BCUT2D eigenvalue weighted by molar-refractivity contribution is 7.47. The van der Waals surface area contributed by atoms with Crippen LogP contribution in [0.1, 0.15) is 219 Å². The molecule has 0 fully saturated rings. The molecule has 0 aliphatic rings. The molecule has 0 saturated heterocycles. The molecule has 0 aromatic rings. The number of allylic oxidation sites excluding steroid dienone is 19. The maximum atomic E-state index is 12.9. The Bertz CT molecular complexity index is 1580. The van der Waals surface area contributed by atoms with Crippen LogP contribution in [0.4, 0.5) is 0 Å². The van der Waals surface area contributed by atoms with E-state index in [0.29, 0.717) is 17.4 Å². The second-order valence-electron chi connectivity index (χ2n) is 20.3. The van der Waals surface area contributed by atoms with E-state index < -0.39 is 20.0 Å². The minimum atomic E-state index is -4.39. The number of phosphoric acid groups is 1. The molecule has 0 spiro atoms. The summed E-state index contributed by atoms with van der Waals surface area (Å²) in [5.41, 5.74) is 0. The molecule has 3 N–H and O–H groups in total. The maximum absolute atomic E-state index is 12.9. The number of nitrogens with zero attached hydrogens (tertiary/aromatic N) is 1. The largest absolute Gasteiger partial charge is 0.472 e. The second kappa shape index (κ2) is 52.8. The molecule has 0 radical (unpaired) electrons. The van der Waals surface area contributed by atoms with E-state index in [2.05, 4.69) is 129 Å². The van der Waals surface area contributed by atoms with Gasteiger partial charge in [0, 0.05) is 6.42 Å². The molecule has 9 heteroatoms. The van der Waals surface area contributed by atoms with Crippen molar-refractivity contribution < 1.29 is 32.9 Å². The first-order valence-corrected chi connectivity index (χ1v) is 30.4. The smallest absolute Gasteiger partial charge is 0.387 e. The number of quaternary nitrogens is 1. The van der Waals surface area contributed by atoms with E-state index in [1.54, 1.807) is 6.08 Å². The average Bonchev–Trinajstić information content (AvgIpc) is 3.34. The van der Waals surface area contributed by atoms with Crippen molar-refractivity contribution in [3.05, 3.63) is 122 Å². The topological polar surface area (TPSA) is 105 Å². The minimum absolute atomic E-state index is 0.0355. The van der Waals surface area contributed by atoms with E-state index in [0.717, 1.165) is 77.0 Å². The van der Waals surface area contributed by atoms with Gasteiger partial charge in [0.15, 0.2) is 0 Å². The van der Waals surface area contributed by atoms with Gasteiger partial charge in [-0.2, -0.15) is 0 Å². The summed E-state index contributed by atoms with van der Waals surface area (Å²) in [5, 5.41) is 13.9. The Hall–Kier alpha value is -3.10. The summed E-state index contributed by atoms with van der Waals surface area (Å²) in [5.74, 6) is -0.252. The lowest BCUT2D eigenvalue weighted by molar-refractivity contribution is -0.870. The predicted octanol–water partition coefficient (Wildman–Crippen LogP) is 17.8. The van der Waals surface area contributed by atoms with Crippen molar-refractivity contribution in [1.29, 1.82) is 0 Å². The summed E-state index contributed by atoms with van der Waals surface area (Å²) in [6, 6.07) is -0.911. The van der Waals surface area contributed by atoms with Gasteiger partial charge in [-0.05, 0) is 96.3 Å². The molecule has 0 heterocycles. The lowest BCUT2D eigenvalue weighted by atomic mass is 10.0. The Morgan fingerprint density at radius 1 is 0.486 bits per heavy atom. The molecule has 0 saturated carbocycles. The summed E-state index contributed by atoms with van der Waals surface area (Å²) < 4.78 is 23.6. The Balaban J connectivity index is 4.42. The van der Waals surface area contributed by atoms with Crippen LogP contribution < -0.4 is 5.32 Å². The summed E-state index contributed by atoms with van der Waals surface area (Å²) in [6.07, 6.45) is 78.9. The first-order valence-electron chi connectivity index (χ1n) is 28.9. The van der Waals surface area contributed by atoms with Crippen LogP contribution in [0.3, 0.4) is 0 Å². The van der Waals surface area contributed by atoms with Crippen LogP contribution in [-0.4, -0.2) is 73.4 Å². The molecular formula is C63H110N2O6P+. The first-order chi connectivity index (χ1) is 35.0. The quantitative estimate of drug-likeness (QED) is 0.0243. The zero-order chi connectivity index (χ0) is 52.7. The van der Waals surface area contributed by atoms with Crippen molar-refractivity contribution >= 4 is 13.7 Å². The van der Waals surface area contributed by atoms with Crippen molar-refractivity contribution in [2.75, 3.05) is 40.9 Å². The third-order valence-electron chi connectivity index (χ3n) is 12.1. The number of carbonyl (C=O) groups is 1. The van der Waals surface area contributed by atoms with Crippen LogP contribution in [0.25, 0.3) is 0 Å². The number of hydrogen-bond acceptors (Lipinski definition) is 5. The average molecular weight is 1020 g/mol. The molecule has 3 unspecified atom stereocenters. The number of hydrogen-bond donors (Lipinski definition) is 3. The zero-order valence-electron chi connectivity index (χ0n) is 46.9. The third-order valence-corrected chi connectivity index (χ3v) is 13.1. The van der Waals surface area contributed by atoms with Crippen LogP contribution >= 0.6 is 7.82 Å². The predicted molar refractivity (Wildman–Crippen MR) is 313 cm³/mol. The summed E-state index contributed by atoms with van der Waals surface area (Å²) in [4.78, 5) is 23.3. The van der Waals surface area contributed by atoms with E-state index in [1.807, 2.05) is 27.2 Å². The lowest BCUT2D eigenvalue weighted by Crippen LogP contribution is -2.45. The van der Waals surface area contributed by atoms with Gasteiger partial charge in [0.05, 0.1) is 39.9 Å². The number of rotatable bonds is 51. The minimum Gasteiger partial charge on any atom is -0.387 e. The summed E-state index contributed by atoms with van der Waals surface area (Å²) >= 11 is 0. The van der Waals surface area contributed by atoms with Crippen molar-refractivity contribution in [1.82, 2.24) is 5.32 Å². The van der Waals surface area contributed by atoms with E-state index in [4.69, 9.17) is 9.05 Å². The van der Waals surface area contributed by atoms with Gasteiger partial charge in [-0.15, -0.1) is 0 Å². The van der Waals surface area contributed by atoms with E-state index in [9.17, 15) is 19.4 Å². The zero-order valence-corrected chi connectivity index (χ0v) is 47.8. The number of aliphatic hydroxyl groups excluding tert-OH is 1. The molecule has 0 aromatic heterocycles. The fourth-order valence-electron chi connectivity index (χ4n) is 7.65. The van der Waals surface area contributed by atoms with E-state index in [1.165, 1.54) is 116 Å². The second-order valence-corrected chi connectivity index (χ2v) is 21.7. The van der Waals surface area contributed by atoms with Gasteiger partial charge in [0.1, 0.15) is 13.2 Å². The Labute approximate surface area is 444 Å². The highest BCUT2D eigenvalue weighted by Gasteiger charge is 2.27. The fraction of sp³-hybridized carbons (Fsp3) is 0.667. The van der Waals surface area contributed by atoms with Gasteiger partial charge < -0.3 is 19.8 Å². The number of carbonyl (C=O) groups excluding carboxylic acids is 1. The highest BCUT2D eigenvalue weighted by atomic mass is 31.2. The van der Waals surface area contributed by atoms with Crippen molar-refractivity contribution in [2.24, 2.45) is 0 Å². The normalized spacial score (nSPS) is 14.8. The van der Waals surface area contributed by atoms with Crippen molar-refractivity contribution in [2.45, 2.75) is 231 Å². The molecule has 3 atom stereocenters. The number of nitrogens with one attached hydrogen (secondary N) is 1. The lowest BCUT2D eigenvalue weighted by Gasteiger charge is -2.25. The van der Waals surface area contributed by atoms with Gasteiger partial charge in [0.2, 0.25) is 5.91 Å². The molecule has 0 bridgehead atoms. The van der Waals surface area contributed by atoms with Crippen LogP contribution in [0.15, 0.2) is 122 Å². The number of phosphoric ester groups is 1. The van der Waals surface area contributed by atoms with E-state index >= 15 is 0 Å². The fourth-order valence-corrected chi connectivity index (χ4v) is 8.39. The molecule has 0 rings (SSSR count). The third kappa shape index (κ3) is 54.7. The number of amides is 1. The Kier molecular flexibility index (Phi) is 50.5. The molecule has 0 aromatic carbocycles. The van der Waals surface area contributed by atoms with Crippen molar-refractivity contribution in [3.63, 3.8) is 0 Å². The summed E-state index contributed by atoms with van der Waals surface area (Å²) in [7, 11) is 1.49. The van der Waals surface area contributed by atoms with Gasteiger partial charge in [-0.1, -0.05) is 238 Å². The van der Waals surface area contributed by atoms with Crippen LogP contribution in [0.5, 0.6) is 0 Å². The molecule has 412 valence electrons. The van der Waals surface area contributed by atoms with Gasteiger partial charge >= 0.3 is 7.82 Å². The highest BCUT2D eigenvalue weighted by Crippen LogP contribution is 2.43. The Morgan fingerprint density at radius 3 is 1.28 bits per heavy atom. The SMILES string of the molecule is CC/C=C\C/C=C\C/C=C\C/C=C\C/C=C\C/C=C\C/C=C\CCCC(=O)NC(COP(=O)(O)OCC[N+](C)(C)C)C(O)/C=C/CC/C=C/CC/C=C/CCCCCCCCCCCCCCCCCCC. The number of unbranched alkanes of at least 4 members (excludes halogenated alkanes) is 20. The van der Waals surface area contributed by atoms with Gasteiger partial charge in [-0.3, -0.25) is 13.8 Å². The van der Waals surface area contributed by atoms with Crippen molar-refractivity contribution in [3.8, 4) is 0 Å². The molecule has 0 aliphatic carbocycles. The maximum Gasteiger partial charge on any atom is 0.472 e. The van der Waals surface area contributed by atoms with Gasteiger partial charge in [-0.25, -0.2) is 4.57 Å². The standard InChI is InChI=1S/C63H109N2O6P/c1-6-8-10-12-14-16-18-20-22-24-26-28-30-31-32-33-35-36-38-40-42-44-46-48-50-52-54-56-62(66)61(60-71-72(68,69)70-59-58-65(3,4)5)64-63(67)57-55-53-51-49-47-45-43-41-39-37-34-29-27-25-23-21-19-17-15-13-11-9-7-2/h9,11,15,17,21,23,27,29,37-40,43,45-46,48-49,51,54,56,61-62,66H,6-8,10,12-14,16,18-20,22,24-26,28,30-36,41-42,44,47,50,52-53,55,57-60H2,1-5H3,(H-,64,67,68,69)/p+1/b11-9-,17-15-,23-21-,29-27-,39-37-,40-38+,45-43-,48-46+,51-49-,56-54+. The molecular weight excluding hydrogens is 912 g/mol. The van der Waals surface area contributed by atoms with E-state index in [-0.39, 0.29) is 25.5 Å². The molecule has 0 aliphatic heterocycles. The van der Waals surface area contributed by atoms with Crippen LogP contribution in [0.2, 0.25) is 0 Å². The molecule has 1 amide bonds. The molecule has 72 heavy (non-hydrogen) atoms. The Morgan fingerprint density at radius 2 is 0.847 bits per heavy atom. The molecule has 8 nitrogen and oxygen atoms in total. The number of aliphatic hydroxyl groups is 1. The number of likely N-dealkylation sites (N-methyl/N-ethyl adjacent to an activating group) is 1. The van der Waals surface area contributed by atoms with Crippen LogP contribution in [0, 0.1) is 0 Å². The summed E-state index contributed by atoms with van der Waals surface area (Å²) in [6.45, 7) is 4.62. The first kappa shape index (κ1) is 68.9.